The van der Waals surface area contributed by atoms with Crippen molar-refractivity contribution in [3.63, 3.8) is 0 Å². The first-order valence-electron chi connectivity index (χ1n) is 12.7. The van der Waals surface area contributed by atoms with E-state index in [0.717, 1.165) is 30.4 Å². The molecule has 1 amide bonds. The van der Waals surface area contributed by atoms with Gasteiger partial charge in [0.15, 0.2) is 5.82 Å². The summed E-state index contributed by atoms with van der Waals surface area (Å²) in [6.45, 7) is 5.72. The van der Waals surface area contributed by atoms with Crippen LogP contribution in [0.25, 0.3) is 11.9 Å². The first kappa shape index (κ1) is 26.5. The van der Waals surface area contributed by atoms with Gasteiger partial charge in [0.2, 0.25) is 11.9 Å². The Bertz CT molecular complexity index is 1370. The first-order chi connectivity index (χ1) is 18.7. The van der Waals surface area contributed by atoms with Crippen LogP contribution in [0.15, 0.2) is 36.5 Å². The molecule has 0 unspecified atom stereocenters. The smallest absolute Gasteiger partial charge is 0.240 e. The topological polar surface area (TPSA) is 143 Å². The molecule has 0 aliphatic carbocycles. The number of amides is 1. The summed E-state index contributed by atoms with van der Waals surface area (Å²) in [5.74, 6) is -0.848. The van der Waals surface area contributed by atoms with Crippen molar-refractivity contribution in [1.29, 1.82) is 0 Å². The summed E-state index contributed by atoms with van der Waals surface area (Å²) >= 11 is 0. The highest BCUT2D eigenvalue weighted by Crippen LogP contribution is 2.27. The Morgan fingerprint density at radius 1 is 1.10 bits per heavy atom. The van der Waals surface area contributed by atoms with E-state index >= 15 is 0 Å². The summed E-state index contributed by atoms with van der Waals surface area (Å²) < 4.78 is 28.8. The van der Waals surface area contributed by atoms with Gasteiger partial charge in [0, 0.05) is 69.1 Å². The molecule has 5 N–H and O–H groups in total. The molecule has 2 aromatic heterocycles. The molecule has 0 saturated carbocycles. The number of carbonyl (C=O) groups is 1. The van der Waals surface area contributed by atoms with Crippen molar-refractivity contribution in [2.75, 3.05) is 54.8 Å². The van der Waals surface area contributed by atoms with Crippen LogP contribution in [0.2, 0.25) is 0 Å². The number of hydrogen-bond donors (Lipinski definition) is 3. The van der Waals surface area contributed by atoms with Crippen LogP contribution in [0.3, 0.4) is 0 Å². The highest BCUT2D eigenvalue weighted by molar-refractivity contribution is 5.84. The fourth-order valence-corrected chi connectivity index (χ4v) is 5.09. The zero-order valence-electron chi connectivity index (χ0n) is 21.5. The number of nitrogen functional groups attached to an aromatic ring is 1. The number of benzene rings is 1. The molecule has 0 radical (unpaired) electrons. The molecule has 206 valence electrons. The summed E-state index contributed by atoms with van der Waals surface area (Å²) in [6, 6.07) is 4.58. The number of aliphatic hydroxyl groups is 1. The maximum atomic E-state index is 13.6. The van der Waals surface area contributed by atoms with E-state index in [1.165, 1.54) is 12.1 Å². The SMILES string of the molecule is Cc1c(/C=C/CN2CCN(c3cc(F)cc(F)c3)CC2)cnn1-c1cc(N2C[C@@H](O)C[C@H]2C(N)=O)nc(N)n1. The number of aromatic nitrogens is 4. The number of rotatable bonds is 7. The minimum absolute atomic E-state index is 0.0132. The normalized spacial score (nSPS) is 20.3. The predicted molar refractivity (Wildman–Crippen MR) is 143 cm³/mol. The summed E-state index contributed by atoms with van der Waals surface area (Å²) in [5, 5.41) is 14.5. The van der Waals surface area contributed by atoms with E-state index in [-0.39, 0.29) is 18.9 Å². The number of aliphatic hydroxyl groups excluding tert-OH is 1. The molecular weight excluding hydrogens is 508 g/mol. The first-order valence-corrected chi connectivity index (χ1v) is 12.7. The highest BCUT2D eigenvalue weighted by Gasteiger charge is 2.36. The van der Waals surface area contributed by atoms with Crippen molar-refractivity contribution in [2.45, 2.75) is 25.5 Å². The maximum absolute atomic E-state index is 13.6. The molecule has 0 bridgehead atoms. The third-order valence-electron chi connectivity index (χ3n) is 7.13. The lowest BCUT2D eigenvalue weighted by atomic mass is 10.2. The molecule has 0 spiro atoms. The number of piperazine rings is 1. The van der Waals surface area contributed by atoms with Gasteiger partial charge in [-0.2, -0.15) is 15.1 Å². The quantitative estimate of drug-likeness (QED) is 0.402. The number of primary amides is 1. The van der Waals surface area contributed by atoms with Crippen molar-refractivity contribution in [2.24, 2.45) is 5.73 Å². The average molecular weight is 540 g/mol. The lowest BCUT2D eigenvalue weighted by Crippen LogP contribution is -2.46. The fraction of sp³-hybridized carbons (Fsp3) is 0.385. The van der Waals surface area contributed by atoms with Gasteiger partial charge >= 0.3 is 0 Å². The van der Waals surface area contributed by atoms with Crippen molar-refractivity contribution >= 4 is 29.4 Å². The Morgan fingerprint density at radius 2 is 1.79 bits per heavy atom. The van der Waals surface area contributed by atoms with Gasteiger partial charge in [0.05, 0.1) is 18.0 Å². The second-order valence-corrected chi connectivity index (χ2v) is 9.82. The number of anilines is 3. The van der Waals surface area contributed by atoms with Gasteiger partial charge in [-0.15, -0.1) is 0 Å². The average Bonchev–Trinajstić information content (AvgIpc) is 3.46. The van der Waals surface area contributed by atoms with E-state index in [0.29, 0.717) is 37.0 Å². The minimum atomic E-state index is -0.697. The van der Waals surface area contributed by atoms with E-state index in [2.05, 4.69) is 26.0 Å². The summed E-state index contributed by atoms with van der Waals surface area (Å²) in [6.07, 6.45) is 5.29. The summed E-state index contributed by atoms with van der Waals surface area (Å²) in [5.41, 5.74) is 13.8. The van der Waals surface area contributed by atoms with Gasteiger partial charge < -0.3 is 26.4 Å². The van der Waals surface area contributed by atoms with E-state index in [4.69, 9.17) is 11.5 Å². The Labute approximate surface area is 224 Å². The Kier molecular flexibility index (Phi) is 7.44. The van der Waals surface area contributed by atoms with Crippen LogP contribution in [0.1, 0.15) is 17.7 Å². The van der Waals surface area contributed by atoms with Crippen LogP contribution in [0.4, 0.5) is 26.2 Å². The fourth-order valence-electron chi connectivity index (χ4n) is 5.09. The number of hydrogen-bond acceptors (Lipinski definition) is 9. The van der Waals surface area contributed by atoms with E-state index in [1.807, 2.05) is 17.9 Å². The third-order valence-corrected chi connectivity index (χ3v) is 7.13. The molecule has 13 heteroatoms. The third kappa shape index (κ3) is 5.83. The molecule has 2 atom stereocenters. The van der Waals surface area contributed by atoms with Crippen molar-refractivity contribution in [1.82, 2.24) is 24.6 Å². The monoisotopic (exact) mass is 539 g/mol. The minimum Gasteiger partial charge on any atom is -0.391 e. The zero-order valence-corrected chi connectivity index (χ0v) is 21.5. The molecule has 2 aliphatic heterocycles. The highest BCUT2D eigenvalue weighted by atomic mass is 19.1. The number of β-amino-alcohol motifs (C(OH)–C–C–N with tert-alkyl or cyclic N) is 1. The molecular formula is C26H31F2N9O2. The molecule has 4 heterocycles. The van der Waals surface area contributed by atoms with Crippen LogP contribution in [-0.4, -0.2) is 87.1 Å². The van der Waals surface area contributed by atoms with Crippen LogP contribution in [0, 0.1) is 18.6 Å². The van der Waals surface area contributed by atoms with Gasteiger partial charge in [0.1, 0.15) is 23.5 Å². The molecule has 2 saturated heterocycles. The van der Waals surface area contributed by atoms with E-state index in [9.17, 15) is 18.7 Å². The molecule has 2 aliphatic rings. The van der Waals surface area contributed by atoms with Crippen LogP contribution in [-0.2, 0) is 4.79 Å². The largest absolute Gasteiger partial charge is 0.391 e. The number of carbonyl (C=O) groups excluding carboxylic acids is 1. The second-order valence-electron chi connectivity index (χ2n) is 9.82. The lowest BCUT2D eigenvalue weighted by Gasteiger charge is -2.35. The summed E-state index contributed by atoms with van der Waals surface area (Å²) in [4.78, 5) is 26.3. The predicted octanol–water partition coefficient (Wildman–Crippen LogP) is 1.09. The maximum Gasteiger partial charge on any atom is 0.240 e. The van der Waals surface area contributed by atoms with Crippen molar-refractivity contribution in [3.05, 3.63) is 59.4 Å². The van der Waals surface area contributed by atoms with Gasteiger partial charge in [0.25, 0.3) is 0 Å². The number of nitrogens with zero attached hydrogens (tertiary/aromatic N) is 7. The van der Waals surface area contributed by atoms with E-state index in [1.54, 1.807) is 21.8 Å². The van der Waals surface area contributed by atoms with Gasteiger partial charge in [-0.25, -0.2) is 13.5 Å². The zero-order chi connectivity index (χ0) is 27.7. The Morgan fingerprint density at radius 3 is 2.49 bits per heavy atom. The van der Waals surface area contributed by atoms with Gasteiger partial charge in [-0.3, -0.25) is 9.69 Å². The second kappa shape index (κ2) is 10.9. The van der Waals surface area contributed by atoms with Gasteiger partial charge in [-0.1, -0.05) is 12.2 Å². The van der Waals surface area contributed by atoms with Crippen LogP contribution < -0.4 is 21.3 Å². The molecule has 3 aromatic rings. The molecule has 2 fully saturated rings. The molecule has 1 aromatic carbocycles. The lowest BCUT2D eigenvalue weighted by molar-refractivity contribution is -0.119. The van der Waals surface area contributed by atoms with Crippen molar-refractivity contribution in [3.8, 4) is 5.82 Å². The molecule has 5 rings (SSSR count). The van der Waals surface area contributed by atoms with E-state index < -0.39 is 29.7 Å². The van der Waals surface area contributed by atoms with Crippen LogP contribution in [0.5, 0.6) is 0 Å². The Hall–Kier alpha value is -4.10. The van der Waals surface area contributed by atoms with Crippen LogP contribution >= 0.6 is 0 Å². The number of nitrogens with two attached hydrogens (primary N) is 2. The summed E-state index contributed by atoms with van der Waals surface area (Å²) in [7, 11) is 0. The Balaban J connectivity index is 1.24. The van der Waals surface area contributed by atoms with Gasteiger partial charge in [-0.05, 0) is 19.1 Å². The standard InChI is InChI=1S/C26H31F2N9O2/c1-16-17(3-2-4-34-5-7-35(8-6-34)20-10-18(27)9-19(28)11-20)14-31-37(16)24-13-23(32-26(30)33-24)36-15-21(38)12-22(36)25(29)39/h2-3,9-11,13-14,21-22,38H,4-8,12,15H2,1H3,(H2,29,39)(H2,30,32,33)/b3-2+/t21-,22-/m0/s1. The molecule has 11 nitrogen and oxygen atoms in total. The van der Waals surface area contributed by atoms with Crippen molar-refractivity contribution < 1.29 is 18.7 Å². The number of halogens is 2. The molecule has 39 heavy (non-hydrogen) atoms.